The second kappa shape index (κ2) is 8.37. The monoisotopic (exact) mass is 461 g/mol. The van der Waals surface area contributed by atoms with Crippen molar-refractivity contribution >= 4 is 68.5 Å². The molecule has 0 radical (unpaired) electrons. The van der Waals surface area contributed by atoms with Gasteiger partial charge in [0.1, 0.15) is 11.5 Å². The summed E-state index contributed by atoms with van der Waals surface area (Å²) in [5, 5.41) is 4.48. The van der Waals surface area contributed by atoms with Gasteiger partial charge in [-0.2, -0.15) is 0 Å². The maximum atomic E-state index is 12.6. The molecule has 0 unspecified atom stereocenters. The van der Waals surface area contributed by atoms with Crippen LogP contribution < -0.4 is 11.1 Å². The number of primary amides is 1. The zero-order chi connectivity index (χ0) is 21.4. The van der Waals surface area contributed by atoms with Crippen molar-refractivity contribution in [2.45, 2.75) is 26.2 Å². The molecule has 1 aliphatic heterocycles. The van der Waals surface area contributed by atoms with Crippen LogP contribution in [0.5, 0.6) is 0 Å². The fourth-order valence-corrected chi connectivity index (χ4v) is 6.54. The van der Waals surface area contributed by atoms with E-state index < -0.39 is 29.5 Å². The van der Waals surface area contributed by atoms with E-state index in [4.69, 9.17) is 5.73 Å². The van der Waals surface area contributed by atoms with Crippen molar-refractivity contribution in [3.05, 3.63) is 43.3 Å². The Morgan fingerprint density at radius 1 is 1.37 bits per heavy atom. The summed E-state index contributed by atoms with van der Waals surface area (Å²) < 4.78 is 0. The first kappa shape index (κ1) is 20.8. The van der Waals surface area contributed by atoms with Gasteiger partial charge in [-0.05, 0) is 60.0 Å². The molecule has 0 bridgehead atoms. The maximum Gasteiger partial charge on any atom is 0.294 e. The highest BCUT2D eigenvalue weighted by Crippen LogP contribution is 2.39. The van der Waals surface area contributed by atoms with Crippen LogP contribution in [0, 0.1) is 5.92 Å². The van der Waals surface area contributed by atoms with Crippen molar-refractivity contribution in [1.82, 2.24) is 4.90 Å². The van der Waals surface area contributed by atoms with E-state index in [9.17, 15) is 19.2 Å². The van der Waals surface area contributed by atoms with E-state index >= 15 is 0 Å². The molecular weight excluding hydrogens is 442 g/mol. The maximum absolute atomic E-state index is 12.6. The summed E-state index contributed by atoms with van der Waals surface area (Å²) in [6.07, 6.45) is 4.20. The van der Waals surface area contributed by atoms with E-state index in [1.807, 2.05) is 17.5 Å². The van der Waals surface area contributed by atoms with E-state index in [0.717, 1.165) is 51.2 Å². The zero-order valence-corrected chi connectivity index (χ0v) is 18.5. The molecule has 0 saturated carbocycles. The number of hydrogen-bond donors (Lipinski definition) is 2. The smallest absolute Gasteiger partial charge is 0.294 e. The normalized spacial score (nSPS) is 20.0. The minimum absolute atomic E-state index is 0.286. The lowest BCUT2D eigenvalue weighted by Gasteiger charge is -2.18. The van der Waals surface area contributed by atoms with Crippen molar-refractivity contribution in [3.63, 3.8) is 0 Å². The third-order valence-corrected chi connectivity index (χ3v) is 7.90. The highest BCUT2D eigenvalue weighted by atomic mass is 32.2. The minimum Gasteiger partial charge on any atom is -0.365 e. The molecule has 1 fully saturated rings. The molecule has 30 heavy (non-hydrogen) atoms. The van der Waals surface area contributed by atoms with Gasteiger partial charge < -0.3 is 11.1 Å². The number of anilines is 1. The van der Waals surface area contributed by atoms with Crippen LogP contribution in [-0.2, 0) is 22.4 Å². The fraction of sp³-hybridized carbons (Fsp3) is 0.300. The molecule has 0 spiro atoms. The second-order valence-corrected chi connectivity index (χ2v) is 10.3. The van der Waals surface area contributed by atoms with Crippen molar-refractivity contribution in [2.75, 3.05) is 11.9 Å². The molecule has 1 saturated heterocycles. The van der Waals surface area contributed by atoms with Crippen LogP contribution in [0.1, 0.15) is 39.0 Å². The Bertz CT molecular complexity index is 1070. The lowest BCUT2D eigenvalue weighted by atomic mass is 9.88. The SMILES string of the molecule is C[C@@H]1CCc2c(sc(NC(=O)CN3C(=O)S/C(=C/c4cccs4)C3=O)c2C(N)=O)C1. The lowest BCUT2D eigenvalue weighted by Crippen LogP contribution is -2.36. The largest absolute Gasteiger partial charge is 0.365 e. The molecule has 2 aliphatic rings. The van der Waals surface area contributed by atoms with Crippen molar-refractivity contribution in [1.29, 1.82) is 0 Å². The summed E-state index contributed by atoms with van der Waals surface area (Å²) >= 11 is 3.62. The topological polar surface area (TPSA) is 110 Å². The predicted molar refractivity (Wildman–Crippen MR) is 120 cm³/mol. The molecule has 156 valence electrons. The number of thiophene rings is 2. The lowest BCUT2D eigenvalue weighted by molar-refractivity contribution is -0.127. The van der Waals surface area contributed by atoms with Gasteiger partial charge in [0.15, 0.2) is 0 Å². The molecule has 1 atom stereocenters. The van der Waals surface area contributed by atoms with E-state index in [1.54, 1.807) is 6.08 Å². The number of rotatable bonds is 5. The van der Waals surface area contributed by atoms with Crippen molar-refractivity contribution in [3.8, 4) is 0 Å². The number of thioether (sulfide) groups is 1. The molecule has 4 amide bonds. The van der Waals surface area contributed by atoms with Gasteiger partial charge in [-0.25, -0.2) is 0 Å². The Labute approximate surface area is 185 Å². The zero-order valence-electron chi connectivity index (χ0n) is 16.1. The van der Waals surface area contributed by atoms with E-state index in [-0.39, 0.29) is 4.91 Å². The third-order valence-electron chi connectivity index (χ3n) is 5.00. The first-order valence-corrected chi connectivity index (χ1v) is 11.9. The van der Waals surface area contributed by atoms with Gasteiger partial charge in [0.2, 0.25) is 5.91 Å². The summed E-state index contributed by atoms with van der Waals surface area (Å²) in [4.78, 5) is 52.6. The summed E-state index contributed by atoms with van der Waals surface area (Å²) in [5.74, 6) is -1.11. The Morgan fingerprint density at radius 2 is 2.17 bits per heavy atom. The van der Waals surface area contributed by atoms with Gasteiger partial charge in [-0.15, -0.1) is 22.7 Å². The van der Waals surface area contributed by atoms with Gasteiger partial charge in [0, 0.05) is 9.75 Å². The molecule has 0 aromatic carbocycles. The van der Waals surface area contributed by atoms with Gasteiger partial charge in [-0.3, -0.25) is 24.1 Å². The Kier molecular flexibility index (Phi) is 5.81. The highest BCUT2D eigenvalue weighted by Gasteiger charge is 2.37. The van der Waals surface area contributed by atoms with Crippen LogP contribution in [0.15, 0.2) is 22.4 Å². The molecule has 1 aliphatic carbocycles. The number of carbonyl (C=O) groups excluding carboxylic acids is 4. The van der Waals surface area contributed by atoms with Crippen molar-refractivity contribution in [2.24, 2.45) is 11.7 Å². The minimum atomic E-state index is -0.581. The Hall–Kier alpha value is -2.43. The van der Waals surface area contributed by atoms with Crippen LogP contribution in [0.4, 0.5) is 9.80 Å². The number of nitrogens with one attached hydrogen (secondary N) is 1. The van der Waals surface area contributed by atoms with Crippen LogP contribution in [-0.4, -0.2) is 34.4 Å². The second-order valence-electron chi connectivity index (χ2n) is 7.25. The predicted octanol–water partition coefficient (Wildman–Crippen LogP) is 3.71. The fourth-order valence-electron chi connectivity index (χ4n) is 3.55. The molecule has 3 N–H and O–H groups in total. The van der Waals surface area contributed by atoms with Gasteiger partial charge in [0.05, 0.1) is 10.5 Å². The quantitative estimate of drug-likeness (QED) is 0.660. The molecule has 7 nitrogen and oxygen atoms in total. The average Bonchev–Trinajstić information content (AvgIpc) is 3.37. The molecule has 4 rings (SSSR count). The first-order valence-electron chi connectivity index (χ1n) is 9.36. The average molecular weight is 462 g/mol. The third kappa shape index (κ3) is 4.07. The Morgan fingerprint density at radius 3 is 2.87 bits per heavy atom. The molecule has 2 aromatic heterocycles. The number of hydrogen-bond acceptors (Lipinski definition) is 7. The van der Waals surface area contributed by atoms with E-state index in [2.05, 4.69) is 12.2 Å². The molecule has 10 heteroatoms. The summed E-state index contributed by atoms with van der Waals surface area (Å²) in [6.45, 7) is 1.73. The van der Waals surface area contributed by atoms with Crippen molar-refractivity contribution < 1.29 is 19.2 Å². The summed E-state index contributed by atoms with van der Waals surface area (Å²) in [5.41, 5.74) is 6.83. The number of imide groups is 1. The summed E-state index contributed by atoms with van der Waals surface area (Å²) in [7, 11) is 0. The van der Waals surface area contributed by atoms with Crippen LogP contribution >= 0.6 is 34.4 Å². The van der Waals surface area contributed by atoms with Crippen LogP contribution in [0.25, 0.3) is 6.08 Å². The number of nitrogens with zero attached hydrogens (tertiary/aromatic N) is 1. The van der Waals surface area contributed by atoms with E-state index in [0.29, 0.717) is 16.5 Å². The van der Waals surface area contributed by atoms with Crippen LogP contribution in [0.3, 0.4) is 0 Å². The highest BCUT2D eigenvalue weighted by molar-refractivity contribution is 8.18. The Balaban J connectivity index is 1.50. The molecule has 2 aromatic rings. The van der Waals surface area contributed by atoms with E-state index in [1.165, 1.54) is 22.7 Å². The summed E-state index contributed by atoms with van der Waals surface area (Å²) in [6, 6.07) is 3.70. The first-order chi connectivity index (χ1) is 14.3. The van der Waals surface area contributed by atoms with Gasteiger partial charge >= 0.3 is 0 Å². The van der Waals surface area contributed by atoms with Crippen LogP contribution in [0.2, 0.25) is 0 Å². The standard InChI is InChI=1S/C20H19N3O4S3/c1-10-4-5-12-13(7-10)29-18(16(12)17(21)25)22-15(24)9-23-19(26)14(30-20(23)27)8-11-3-2-6-28-11/h2-3,6,8,10H,4-5,7,9H2,1H3,(H2,21,25)(H,22,24)/b14-8+/t10-/m1/s1. The molecular formula is C20H19N3O4S3. The number of fused-ring (bicyclic) bond motifs is 1. The number of nitrogens with two attached hydrogens (primary N) is 1. The molecule has 3 heterocycles. The van der Waals surface area contributed by atoms with Gasteiger partial charge in [-0.1, -0.05) is 13.0 Å². The van der Waals surface area contributed by atoms with Gasteiger partial charge in [0.25, 0.3) is 17.1 Å². The number of amides is 4. The number of carbonyl (C=O) groups is 4.